The lowest BCUT2D eigenvalue weighted by atomic mass is 10.2. The molecule has 0 spiro atoms. The molecule has 0 saturated carbocycles. The molecule has 0 radical (unpaired) electrons. The van der Waals surface area contributed by atoms with Gasteiger partial charge < -0.3 is 15.4 Å². The normalized spacial score (nSPS) is 11.5. The van der Waals surface area contributed by atoms with Gasteiger partial charge in [0.2, 0.25) is 5.91 Å². The molecule has 28 heavy (non-hydrogen) atoms. The molecular weight excluding hydrogens is 442 g/mol. The van der Waals surface area contributed by atoms with Gasteiger partial charge >= 0.3 is 0 Å². The minimum absolute atomic E-state index is 0.145. The predicted octanol–water partition coefficient (Wildman–Crippen LogP) is 5.52. The maximum absolute atomic E-state index is 12.4. The van der Waals surface area contributed by atoms with Crippen LogP contribution >= 0.6 is 27.5 Å². The molecular formula is C21H19BrClN3O2. The summed E-state index contributed by atoms with van der Waals surface area (Å²) in [6.07, 6.45) is 1.72. The van der Waals surface area contributed by atoms with Crippen molar-refractivity contribution in [3.05, 3.63) is 82.0 Å². The standard InChI is InChI=1S/C21H19BrClN3O2/c1-14(21(27)26-16-7-5-15(22)6-8-16)25-17-9-10-20(19(23)12-17)28-13-18-4-2-3-11-24-18/h2-12,14,25H,13H2,1H3,(H,26,27). The molecule has 0 aliphatic carbocycles. The molecule has 2 aromatic carbocycles. The van der Waals surface area contributed by atoms with Gasteiger partial charge in [-0.2, -0.15) is 0 Å². The van der Waals surface area contributed by atoms with Crippen LogP contribution < -0.4 is 15.4 Å². The Kier molecular flexibility index (Phi) is 6.90. The molecule has 1 aromatic heterocycles. The Bertz CT molecular complexity index is 936. The van der Waals surface area contributed by atoms with Crippen molar-refractivity contribution in [2.45, 2.75) is 19.6 Å². The summed E-state index contributed by atoms with van der Waals surface area (Å²) in [5.41, 5.74) is 2.28. The number of benzene rings is 2. The largest absolute Gasteiger partial charge is 0.486 e. The summed E-state index contributed by atoms with van der Waals surface area (Å²) in [5.74, 6) is 0.416. The Balaban J connectivity index is 1.57. The molecule has 5 nitrogen and oxygen atoms in total. The number of hydrogen-bond donors (Lipinski definition) is 2. The van der Waals surface area contributed by atoms with Crippen LogP contribution in [0.2, 0.25) is 5.02 Å². The Hall–Kier alpha value is -2.57. The van der Waals surface area contributed by atoms with Gasteiger partial charge in [0, 0.05) is 22.0 Å². The highest BCUT2D eigenvalue weighted by atomic mass is 79.9. The van der Waals surface area contributed by atoms with Gasteiger partial charge in [0.25, 0.3) is 0 Å². The number of amides is 1. The third-order valence-corrected chi connectivity index (χ3v) is 4.75. The Labute approximate surface area is 177 Å². The summed E-state index contributed by atoms with van der Waals surface area (Å²) in [6.45, 7) is 2.12. The van der Waals surface area contributed by atoms with Gasteiger partial charge in [-0.15, -0.1) is 0 Å². The summed E-state index contributed by atoms with van der Waals surface area (Å²) < 4.78 is 6.67. The number of carbonyl (C=O) groups is 1. The number of pyridine rings is 1. The third kappa shape index (κ3) is 5.71. The van der Waals surface area contributed by atoms with Crippen LogP contribution in [0.25, 0.3) is 0 Å². The monoisotopic (exact) mass is 459 g/mol. The van der Waals surface area contributed by atoms with E-state index in [2.05, 4.69) is 31.5 Å². The van der Waals surface area contributed by atoms with Gasteiger partial charge in [0.05, 0.1) is 10.7 Å². The fourth-order valence-electron chi connectivity index (χ4n) is 2.44. The summed E-state index contributed by atoms with van der Waals surface area (Å²) in [7, 11) is 0. The zero-order chi connectivity index (χ0) is 19.9. The number of hydrogen-bond acceptors (Lipinski definition) is 4. The minimum atomic E-state index is -0.444. The van der Waals surface area contributed by atoms with Crippen LogP contribution in [0.4, 0.5) is 11.4 Å². The van der Waals surface area contributed by atoms with E-state index in [0.29, 0.717) is 17.4 Å². The van der Waals surface area contributed by atoms with Gasteiger partial charge in [-0.05, 0) is 61.5 Å². The zero-order valence-corrected chi connectivity index (χ0v) is 17.5. The van der Waals surface area contributed by atoms with E-state index < -0.39 is 6.04 Å². The molecule has 1 heterocycles. The van der Waals surface area contributed by atoms with Crippen molar-refractivity contribution in [3.63, 3.8) is 0 Å². The highest BCUT2D eigenvalue weighted by molar-refractivity contribution is 9.10. The molecule has 1 amide bonds. The SMILES string of the molecule is CC(Nc1ccc(OCc2ccccn2)c(Cl)c1)C(=O)Nc1ccc(Br)cc1. The van der Waals surface area contributed by atoms with E-state index in [1.54, 1.807) is 25.3 Å². The number of rotatable bonds is 7. The van der Waals surface area contributed by atoms with E-state index in [1.807, 2.05) is 48.5 Å². The summed E-state index contributed by atoms with van der Waals surface area (Å²) in [5, 5.41) is 6.47. The minimum Gasteiger partial charge on any atom is -0.486 e. The highest BCUT2D eigenvalue weighted by Crippen LogP contribution is 2.28. The molecule has 2 N–H and O–H groups in total. The first-order valence-electron chi connectivity index (χ1n) is 8.66. The maximum Gasteiger partial charge on any atom is 0.246 e. The maximum atomic E-state index is 12.4. The first-order chi connectivity index (χ1) is 13.5. The molecule has 3 rings (SSSR count). The van der Waals surface area contributed by atoms with Gasteiger partial charge in [-0.3, -0.25) is 9.78 Å². The molecule has 0 bridgehead atoms. The number of nitrogens with zero attached hydrogens (tertiary/aromatic N) is 1. The average molecular weight is 461 g/mol. The second kappa shape index (κ2) is 9.57. The van der Waals surface area contributed by atoms with E-state index in [1.165, 1.54) is 0 Å². The number of ether oxygens (including phenoxy) is 1. The van der Waals surface area contributed by atoms with E-state index in [9.17, 15) is 4.79 Å². The Morgan fingerprint density at radius 2 is 1.89 bits per heavy atom. The van der Waals surface area contributed by atoms with Crippen LogP contribution in [-0.4, -0.2) is 16.9 Å². The molecule has 7 heteroatoms. The number of nitrogens with one attached hydrogen (secondary N) is 2. The molecule has 0 aliphatic heterocycles. The first-order valence-corrected chi connectivity index (χ1v) is 9.83. The van der Waals surface area contributed by atoms with Crippen LogP contribution in [0.1, 0.15) is 12.6 Å². The predicted molar refractivity (Wildman–Crippen MR) is 116 cm³/mol. The van der Waals surface area contributed by atoms with Gasteiger partial charge in [0.1, 0.15) is 18.4 Å². The lowest BCUT2D eigenvalue weighted by Crippen LogP contribution is -2.31. The van der Waals surface area contributed by atoms with Gasteiger partial charge in [-0.1, -0.05) is 33.6 Å². The Morgan fingerprint density at radius 1 is 1.14 bits per heavy atom. The molecule has 0 saturated heterocycles. The third-order valence-electron chi connectivity index (χ3n) is 3.92. The lowest BCUT2D eigenvalue weighted by molar-refractivity contribution is -0.116. The summed E-state index contributed by atoms with van der Waals surface area (Å²) >= 11 is 9.68. The summed E-state index contributed by atoms with van der Waals surface area (Å²) in [6, 6.07) is 17.9. The van der Waals surface area contributed by atoms with Crippen LogP contribution in [-0.2, 0) is 11.4 Å². The van der Waals surface area contributed by atoms with Crippen molar-refractivity contribution in [1.82, 2.24) is 4.98 Å². The second-order valence-corrected chi connectivity index (χ2v) is 7.44. The number of anilines is 2. The van der Waals surface area contributed by atoms with Crippen molar-refractivity contribution < 1.29 is 9.53 Å². The van der Waals surface area contributed by atoms with Crippen molar-refractivity contribution >= 4 is 44.8 Å². The van der Waals surface area contributed by atoms with Crippen molar-refractivity contribution in [2.75, 3.05) is 10.6 Å². The molecule has 1 unspecified atom stereocenters. The van der Waals surface area contributed by atoms with E-state index in [4.69, 9.17) is 16.3 Å². The number of aromatic nitrogens is 1. The molecule has 1 atom stereocenters. The first kappa shape index (κ1) is 20.2. The fraction of sp³-hybridized carbons (Fsp3) is 0.143. The number of halogens is 2. The van der Waals surface area contributed by atoms with Crippen molar-refractivity contribution in [3.8, 4) is 5.75 Å². The zero-order valence-electron chi connectivity index (χ0n) is 15.2. The van der Waals surface area contributed by atoms with Crippen molar-refractivity contribution in [2.24, 2.45) is 0 Å². The van der Waals surface area contributed by atoms with Crippen LogP contribution in [0.3, 0.4) is 0 Å². The van der Waals surface area contributed by atoms with Crippen LogP contribution in [0.5, 0.6) is 5.75 Å². The Morgan fingerprint density at radius 3 is 2.57 bits per heavy atom. The van der Waals surface area contributed by atoms with Crippen LogP contribution in [0.15, 0.2) is 71.3 Å². The van der Waals surface area contributed by atoms with E-state index in [-0.39, 0.29) is 5.91 Å². The molecule has 0 aliphatic rings. The van der Waals surface area contributed by atoms with Crippen molar-refractivity contribution in [1.29, 1.82) is 0 Å². The second-order valence-electron chi connectivity index (χ2n) is 6.12. The number of carbonyl (C=O) groups excluding carboxylic acids is 1. The summed E-state index contributed by atoms with van der Waals surface area (Å²) in [4.78, 5) is 16.6. The average Bonchev–Trinajstić information content (AvgIpc) is 2.70. The highest BCUT2D eigenvalue weighted by Gasteiger charge is 2.14. The molecule has 144 valence electrons. The van der Waals surface area contributed by atoms with Gasteiger partial charge in [-0.25, -0.2) is 0 Å². The van der Waals surface area contributed by atoms with Gasteiger partial charge in [0.15, 0.2) is 0 Å². The van der Waals surface area contributed by atoms with Crippen LogP contribution in [0, 0.1) is 0 Å². The molecule has 0 fully saturated rings. The topological polar surface area (TPSA) is 63.2 Å². The molecule has 3 aromatic rings. The van der Waals surface area contributed by atoms with E-state index in [0.717, 1.165) is 21.5 Å². The lowest BCUT2D eigenvalue weighted by Gasteiger charge is -2.16. The van der Waals surface area contributed by atoms with E-state index >= 15 is 0 Å². The quantitative estimate of drug-likeness (QED) is 0.487. The smallest absolute Gasteiger partial charge is 0.246 e. The fourth-order valence-corrected chi connectivity index (χ4v) is 2.94.